The summed E-state index contributed by atoms with van der Waals surface area (Å²) in [5, 5.41) is 22.8. The molecule has 0 radical (unpaired) electrons. The summed E-state index contributed by atoms with van der Waals surface area (Å²) < 4.78 is 5.40. The van der Waals surface area contributed by atoms with Gasteiger partial charge in [0, 0.05) is 12.8 Å². The smallest absolute Gasteiger partial charge is 0.305 e. The molecule has 0 heterocycles. The van der Waals surface area contributed by atoms with Gasteiger partial charge in [-0.25, -0.2) is 0 Å². The number of aliphatic hydroxyl groups excluding tert-OH is 2. The molecule has 0 aromatic carbocycles. The third-order valence-corrected chi connectivity index (χ3v) is 9.13. The van der Waals surface area contributed by atoms with Crippen molar-refractivity contribution in [2.75, 3.05) is 13.2 Å². The van der Waals surface area contributed by atoms with Crippen LogP contribution in [0.25, 0.3) is 0 Å². The van der Waals surface area contributed by atoms with E-state index in [1.807, 2.05) is 6.08 Å². The first kappa shape index (κ1) is 47.1. The average Bonchev–Trinajstić information content (AvgIpc) is 3.10. The minimum absolute atomic E-state index is 0.0373. The first-order valence-electron chi connectivity index (χ1n) is 20.8. The van der Waals surface area contributed by atoms with E-state index in [2.05, 4.69) is 43.5 Å². The van der Waals surface area contributed by atoms with E-state index in [-0.39, 0.29) is 18.5 Å². The fourth-order valence-corrected chi connectivity index (χ4v) is 5.84. The molecule has 6 heteroatoms. The lowest BCUT2D eigenvalue weighted by atomic mass is 10.1. The molecule has 0 aliphatic heterocycles. The Morgan fingerprint density at radius 3 is 1.51 bits per heavy atom. The minimum Gasteiger partial charge on any atom is -0.466 e. The molecule has 0 bridgehead atoms. The van der Waals surface area contributed by atoms with Gasteiger partial charge in [-0.05, 0) is 83.5 Å². The minimum atomic E-state index is -0.858. The van der Waals surface area contributed by atoms with E-state index >= 15 is 0 Å². The fraction of sp³-hybridized carbons (Fsp3) is 0.814. The first-order valence-corrected chi connectivity index (χ1v) is 20.8. The Kier molecular flexibility index (Phi) is 37.4. The molecule has 1 amide bonds. The second kappa shape index (κ2) is 38.9. The Labute approximate surface area is 303 Å². The lowest BCUT2D eigenvalue weighted by Crippen LogP contribution is -2.45. The standard InChI is InChI=1S/C43H79NO5/c1-3-5-7-9-11-13-16-21-25-29-33-37-43(48)49-38-34-30-26-22-18-15-14-17-20-24-28-32-36-42(47)44-40(39-45)41(46)35-31-27-23-19-12-10-8-6-4-2/h9,11,15,18,31,35,40-41,45-46H,3-8,10,12-14,16-17,19-30,32-34,36-39H2,1-2H3,(H,44,47)/b11-9-,18-15-,35-31+. The molecule has 0 aromatic heterocycles. The summed E-state index contributed by atoms with van der Waals surface area (Å²) in [6, 6.07) is -0.644. The van der Waals surface area contributed by atoms with E-state index in [0.29, 0.717) is 19.4 Å². The molecular weight excluding hydrogens is 610 g/mol. The molecule has 2 atom stereocenters. The number of carbonyl (C=O) groups is 2. The van der Waals surface area contributed by atoms with Gasteiger partial charge in [0.2, 0.25) is 5.91 Å². The van der Waals surface area contributed by atoms with Crippen molar-refractivity contribution in [3.8, 4) is 0 Å². The second-order valence-electron chi connectivity index (χ2n) is 14.0. The maximum Gasteiger partial charge on any atom is 0.305 e. The summed E-state index contributed by atoms with van der Waals surface area (Å²) in [5.41, 5.74) is 0. The summed E-state index contributed by atoms with van der Waals surface area (Å²) >= 11 is 0. The van der Waals surface area contributed by atoms with E-state index in [9.17, 15) is 19.8 Å². The highest BCUT2D eigenvalue weighted by Crippen LogP contribution is 2.12. The van der Waals surface area contributed by atoms with Crippen LogP contribution in [0.3, 0.4) is 0 Å². The number of unbranched alkanes of at least 4 members (excludes halogenated alkanes) is 22. The molecular formula is C43H79NO5. The normalized spacial score (nSPS) is 13.1. The van der Waals surface area contributed by atoms with Crippen molar-refractivity contribution in [1.82, 2.24) is 5.32 Å². The highest BCUT2D eigenvalue weighted by Gasteiger charge is 2.17. The Morgan fingerprint density at radius 1 is 0.551 bits per heavy atom. The molecule has 0 saturated carbocycles. The van der Waals surface area contributed by atoms with E-state index in [1.54, 1.807) is 6.08 Å². The van der Waals surface area contributed by atoms with Crippen LogP contribution in [-0.2, 0) is 14.3 Å². The molecule has 0 aliphatic carbocycles. The molecule has 3 N–H and O–H groups in total. The summed E-state index contributed by atoms with van der Waals surface area (Å²) in [6.45, 7) is 4.74. The van der Waals surface area contributed by atoms with Crippen LogP contribution in [-0.4, -0.2) is 47.4 Å². The van der Waals surface area contributed by atoms with Crippen molar-refractivity contribution in [2.45, 2.75) is 212 Å². The van der Waals surface area contributed by atoms with Crippen molar-refractivity contribution < 1.29 is 24.5 Å². The molecule has 0 aliphatic rings. The van der Waals surface area contributed by atoms with Crippen LogP contribution >= 0.6 is 0 Å². The topological polar surface area (TPSA) is 95.9 Å². The average molecular weight is 690 g/mol. The number of carbonyl (C=O) groups excluding carboxylic acids is 2. The van der Waals surface area contributed by atoms with Gasteiger partial charge in [-0.1, -0.05) is 140 Å². The van der Waals surface area contributed by atoms with Gasteiger partial charge in [-0.15, -0.1) is 0 Å². The van der Waals surface area contributed by atoms with Gasteiger partial charge in [0.25, 0.3) is 0 Å². The summed E-state index contributed by atoms with van der Waals surface area (Å²) in [5.74, 6) is -0.137. The van der Waals surface area contributed by atoms with E-state index in [1.165, 1.54) is 89.9 Å². The summed E-state index contributed by atoms with van der Waals surface area (Å²) in [6.07, 6.45) is 44.1. The molecule has 0 fully saturated rings. The zero-order valence-electron chi connectivity index (χ0n) is 32.2. The molecule has 6 nitrogen and oxygen atoms in total. The number of hydrogen-bond acceptors (Lipinski definition) is 5. The zero-order chi connectivity index (χ0) is 35.9. The highest BCUT2D eigenvalue weighted by atomic mass is 16.5. The van der Waals surface area contributed by atoms with Crippen molar-refractivity contribution in [2.24, 2.45) is 0 Å². The fourth-order valence-electron chi connectivity index (χ4n) is 5.84. The molecule has 49 heavy (non-hydrogen) atoms. The van der Waals surface area contributed by atoms with Crippen molar-refractivity contribution in [1.29, 1.82) is 0 Å². The molecule has 0 aromatic rings. The summed E-state index contributed by atoms with van der Waals surface area (Å²) in [7, 11) is 0. The molecule has 0 saturated heterocycles. The van der Waals surface area contributed by atoms with E-state index < -0.39 is 12.1 Å². The van der Waals surface area contributed by atoms with Crippen LogP contribution in [0.4, 0.5) is 0 Å². The quantitative estimate of drug-likeness (QED) is 0.0343. The number of hydrogen-bond donors (Lipinski definition) is 3. The van der Waals surface area contributed by atoms with Gasteiger partial charge in [0.05, 0.1) is 25.4 Å². The van der Waals surface area contributed by atoms with Gasteiger partial charge in [-0.2, -0.15) is 0 Å². The van der Waals surface area contributed by atoms with Crippen molar-refractivity contribution >= 4 is 11.9 Å². The van der Waals surface area contributed by atoms with Crippen LogP contribution in [0, 0.1) is 0 Å². The lowest BCUT2D eigenvalue weighted by Gasteiger charge is -2.20. The predicted molar refractivity (Wildman–Crippen MR) is 209 cm³/mol. The van der Waals surface area contributed by atoms with Gasteiger partial charge in [0.15, 0.2) is 0 Å². The van der Waals surface area contributed by atoms with Crippen LogP contribution in [0.15, 0.2) is 36.5 Å². The first-order chi connectivity index (χ1) is 24.0. The van der Waals surface area contributed by atoms with Gasteiger partial charge in [0.1, 0.15) is 0 Å². The second-order valence-corrected chi connectivity index (χ2v) is 14.0. The summed E-state index contributed by atoms with van der Waals surface area (Å²) in [4.78, 5) is 24.2. The van der Waals surface area contributed by atoms with Gasteiger partial charge >= 0.3 is 5.97 Å². The third kappa shape index (κ3) is 35.7. The Bertz CT molecular complexity index is 808. The maximum atomic E-state index is 12.3. The lowest BCUT2D eigenvalue weighted by molar-refractivity contribution is -0.143. The van der Waals surface area contributed by atoms with Crippen molar-refractivity contribution in [3.05, 3.63) is 36.5 Å². The van der Waals surface area contributed by atoms with Gasteiger partial charge in [-0.3, -0.25) is 9.59 Å². The van der Waals surface area contributed by atoms with Crippen LogP contribution in [0.5, 0.6) is 0 Å². The number of aliphatic hydroxyl groups is 2. The molecule has 286 valence electrons. The zero-order valence-corrected chi connectivity index (χ0v) is 32.2. The number of amides is 1. The van der Waals surface area contributed by atoms with Crippen LogP contribution in [0.2, 0.25) is 0 Å². The maximum absolute atomic E-state index is 12.3. The number of allylic oxidation sites excluding steroid dienone is 5. The van der Waals surface area contributed by atoms with E-state index in [0.717, 1.165) is 83.5 Å². The monoisotopic (exact) mass is 690 g/mol. The Balaban J connectivity index is 3.57. The van der Waals surface area contributed by atoms with Crippen molar-refractivity contribution in [3.63, 3.8) is 0 Å². The largest absolute Gasteiger partial charge is 0.466 e. The highest BCUT2D eigenvalue weighted by molar-refractivity contribution is 5.76. The van der Waals surface area contributed by atoms with E-state index in [4.69, 9.17) is 4.74 Å². The van der Waals surface area contributed by atoms with Crippen LogP contribution < -0.4 is 5.32 Å². The predicted octanol–water partition coefficient (Wildman–Crippen LogP) is 11.4. The Morgan fingerprint density at radius 2 is 0.980 bits per heavy atom. The Hall–Kier alpha value is -1.92. The molecule has 0 spiro atoms. The van der Waals surface area contributed by atoms with Gasteiger partial charge < -0.3 is 20.3 Å². The molecule has 0 rings (SSSR count). The SMILES string of the molecule is CCCC/C=C\CCCCCCCC(=O)OCCCCC/C=C\CCCCCCCC(=O)NC(CO)C(O)/C=C/CCCCCCCCC. The number of esters is 1. The third-order valence-electron chi connectivity index (χ3n) is 9.13. The van der Waals surface area contributed by atoms with Crippen LogP contribution in [0.1, 0.15) is 200 Å². The number of rotatable bonds is 37. The molecule has 2 unspecified atom stereocenters. The number of nitrogens with one attached hydrogen (secondary N) is 1. The number of ether oxygens (including phenoxy) is 1.